The Bertz CT molecular complexity index is 1020. The van der Waals surface area contributed by atoms with Crippen LogP contribution in [0.2, 0.25) is 5.02 Å². The monoisotopic (exact) mass is 365 g/mol. The molecule has 0 spiro atoms. The van der Waals surface area contributed by atoms with Gasteiger partial charge in [-0.05, 0) is 18.2 Å². The predicted molar refractivity (Wildman–Crippen MR) is 102 cm³/mol. The highest BCUT2D eigenvalue weighted by atomic mass is 35.5. The average molecular weight is 366 g/mol. The summed E-state index contributed by atoms with van der Waals surface area (Å²) in [4.78, 5) is 13.1. The lowest BCUT2D eigenvalue weighted by Crippen LogP contribution is -2.37. The molecular formula is C20H18ClN4O+. The number of aromatic nitrogens is 2. The molecule has 0 saturated heterocycles. The third-order valence-corrected chi connectivity index (χ3v) is 4.64. The standard InChI is InChI=1S/C20H17ClN4O/c1-13-24-17(11-23-26-2)19-12-22-20(14-6-4-3-5-7-14)16-10-15(21)8-9-18(16)25(13)19/h3-11H,12H2,1-2H3/p+1/b23-11+. The number of fused-ring (bicyclic) bond motifs is 3. The maximum atomic E-state index is 6.31. The highest BCUT2D eigenvalue weighted by Crippen LogP contribution is 2.25. The molecule has 0 fully saturated rings. The molecule has 1 aromatic heterocycles. The number of aliphatic imine (C=N–C) groups is 1. The fourth-order valence-electron chi connectivity index (χ4n) is 3.31. The molecule has 130 valence electrons. The molecule has 0 amide bonds. The highest BCUT2D eigenvalue weighted by molar-refractivity contribution is 6.31. The molecule has 5 nitrogen and oxygen atoms in total. The van der Waals surface area contributed by atoms with E-state index >= 15 is 0 Å². The minimum absolute atomic E-state index is 0.520. The molecule has 0 aliphatic carbocycles. The van der Waals surface area contributed by atoms with Gasteiger partial charge in [0.2, 0.25) is 0 Å². The molecule has 2 heterocycles. The molecule has 0 atom stereocenters. The van der Waals surface area contributed by atoms with Crippen LogP contribution in [0.25, 0.3) is 5.69 Å². The van der Waals surface area contributed by atoms with E-state index in [4.69, 9.17) is 21.4 Å². The summed E-state index contributed by atoms with van der Waals surface area (Å²) in [5.74, 6) is 0.991. The lowest BCUT2D eigenvalue weighted by molar-refractivity contribution is -0.609. The zero-order chi connectivity index (χ0) is 18.1. The van der Waals surface area contributed by atoms with Crippen molar-refractivity contribution in [2.75, 3.05) is 7.11 Å². The summed E-state index contributed by atoms with van der Waals surface area (Å²) in [6.45, 7) is 2.55. The number of rotatable bonds is 3. The van der Waals surface area contributed by atoms with Gasteiger partial charge in [0.1, 0.15) is 25.6 Å². The third-order valence-electron chi connectivity index (χ3n) is 4.41. The molecule has 0 radical (unpaired) electrons. The van der Waals surface area contributed by atoms with Crippen LogP contribution in [0.4, 0.5) is 0 Å². The van der Waals surface area contributed by atoms with Crippen molar-refractivity contribution in [2.24, 2.45) is 10.1 Å². The first kappa shape index (κ1) is 16.5. The first-order valence-corrected chi connectivity index (χ1v) is 8.67. The summed E-state index contributed by atoms with van der Waals surface area (Å²) in [5, 5.41) is 4.59. The Morgan fingerprint density at radius 2 is 2.04 bits per heavy atom. The number of aryl methyl sites for hydroxylation is 1. The summed E-state index contributed by atoms with van der Waals surface area (Å²) in [7, 11) is 1.53. The maximum absolute atomic E-state index is 6.31. The van der Waals surface area contributed by atoms with Gasteiger partial charge in [0, 0.05) is 23.1 Å². The first-order chi connectivity index (χ1) is 12.7. The van der Waals surface area contributed by atoms with Gasteiger partial charge >= 0.3 is 0 Å². The van der Waals surface area contributed by atoms with E-state index in [1.165, 1.54) is 7.11 Å². The van der Waals surface area contributed by atoms with Gasteiger partial charge in [0.15, 0.2) is 11.4 Å². The Morgan fingerprint density at radius 3 is 2.81 bits per heavy atom. The summed E-state index contributed by atoms with van der Waals surface area (Å²) in [6, 6.07) is 16.1. The molecular weight excluding hydrogens is 348 g/mol. The molecule has 0 bridgehead atoms. The maximum Gasteiger partial charge on any atom is 0.257 e. The second-order valence-corrected chi connectivity index (χ2v) is 6.45. The Hall–Kier alpha value is -2.92. The van der Waals surface area contributed by atoms with Gasteiger partial charge in [-0.3, -0.25) is 4.99 Å². The van der Waals surface area contributed by atoms with E-state index in [1.807, 2.05) is 43.3 Å². The van der Waals surface area contributed by atoms with Crippen LogP contribution in [0, 0.1) is 6.92 Å². The van der Waals surface area contributed by atoms with E-state index in [0.29, 0.717) is 11.6 Å². The normalized spacial score (nSPS) is 13.1. The first-order valence-electron chi connectivity index (χ1n) is 8.29. The van der Waals surface area contributed by atoms with Gasteiger partial charge in [0.05, 0.1) is 5.71 Å². The lowest BCUT2D eigenvalue weighted by atomic mass is 10.0. The van der Waals surface area contributed by atoms with Gasteiger partial charge in [0.25, 0.3) is 5.82 Å². The quantitative estimate of drug-likeness (QED) is 0.430. The van der Waals surface area contributed by atoms with Gasteiger partial charge < -0.3 is 4.84 Å². The summed E-state index contributed by atoms with van der Waals surface area (Å²) >= 11 is 6.31. The van der Waals surface area contributed by atoms with Crippen molar-refractivity contribution in [1.82, 2.24) is 4.98 Å². The molecule has 1 aliphatic rings. The molecule has 1 N–H and O–H groups in total. The molecule has 0 saturated carbocycles. The number of hydrogen-bond acceptors (Lipinski definition) is 3. The van der Waals surface area contributed by atoms with Crippen LogP contribution in [-0.2, 0) is 11.4 Å². The Balaban J connectivity index is 1.98. The lowest BCUT2D eigenvalue weighted by Gasteiger charge is -2.09. The van der Waals surface area contributed by atoms with Crippen molar-refractivity contribution < 1.29 is 9.40 Å². The number of aromatic amines is 1. The van der Waals surface area contributed by atoms with Crippen molar-refractivity contribution in [3.8, 4) is 5.69 Å². The minimum Gasteiger partial charge on any atom is -0.399 e. The number of imidazole rings is 1. The van der Waals surface area contributed by atoms with Crippen molar-refractivity contribution >= 4 is 23.5 Å². The van der Waals surface area contributed by atoms with Gasteiger partial charge in [-0.1, -0.05) is 47.1 Å². The SMILES string of the molecule is CO/N=C/c1[nH]c(C)[n+]2c1CN=C(c1ccccc1)c1cc(Cl)ccc1-2. The number of H-pyrrole nitrogens is 1. The van der Waals surface area contributed by atoms with Crippen LogP contribution in [0.5, 0.6) is 0 Å². The second kappa shape index (κ2) is 6.77. The Kier molecular flexibility index (Phi) is 4.31. The van der Waals surface area contributed by atoms with Crippen LogP contribution < -0.4 is 4.57 Å². The van der Waals surface area contributed by atoms with Crippen LogP contribution in [0.15, 0.2) is 58.7 Å². The minimum atomic E-state index is 0.520. The molecule has 26 heavy (non-hydrogen) atoms. The van der Waals surface area contributed by atoms with Crippen LogP contribution in [0.1, 0.15) is 28.3 Å². The molecule has 0 unspecified atom stereocenters. The third kappa shape index (κ3) is 2.80. The summed E-state index contributed by atoms with van der Waals surface area (Å²) in [5.41, 5.74) is 5.94. The second-order valence-electron chi connectivity index (χ2n) is 6.02. The van der Waals surface area contributed by atoms with Crippen LogP contribution in [0.3, 0.4) is 0 Å². The van der Waals surface area contributed by atoms with Gasteiger partial charge in [-0.25, -0.2) is 4.98 Å². The van der Waals surface area contributed by atoms with E-state index in [0.717, 1.165) is 39.7 Å². The van der Waals surface area contributed by atoms with Crippen LogP contribution >= 0.6 is 11.6 Å². The van der Waals surface area contributed by atoms with Crippen molar-refractivity contribution in [3.63, 3.8) is 0 Å². The largest absolute Gasteiger partial charge is 0.399 e. The highest BCUT2D eigenvalue weighted by Gasteiger charge is 2.29. The molecule has 6 heteroatoms. The number of oxime groups is 1. The van der Waals surface area contributed by atoms with E-state index < -0.39 is 0 Å². The van der Waals surface area contributed by atoms with Crippen molar-refractivity contribution in [3.05, 3.63) is 81.9 Å². The summed E-state index contributed by atoms with van der Waals surface area (Å²) < 4.78 is 2.17. The molecule has 2 aromatic carbocycles. The average Bonchev–Trinajstić information content (AvgIpc) is 2.86. The van der Waals surface area contributed by atoms with E-state index in [2.05, 4.69) is 26.8 Å². The van der Waals surface area contributed by atoms with Gasteiger partial charge in [-0.2, -0.15) is 4.57 Å². The zero-order valence-electron chi connectivity index (χ0n) is 14.5. The number of nitrogens with zero attached hydrogens (tertiary/aromatic N) is 3. The molecule has 4 rings (SSSR count). The van der Waals surface area contributed by atoms with Crippen molar-refractivity contribution in [2.45, 2.75) is 13.5 Å². The summed E-state index contributed by atoms with van der Waals surface area (Å²) in [6.07, 6.45) is 1.68. The van der Waals surface area contributed by atoms with E-state index in [-0.39, 0.29) is 0 Å². The molecule has 3 aromatic rings. The fourth-order valence-corrected chi connectivity index (χ4v) is 3.49. The fraction of sp³-hybridized carbons (Fsp3) is 0.150. The van der Waals surface area contributed by atoms with Gasteiger partial charge in [-0.15, -0.1) is 0 Å². The Labute approximate surface area is 156 Å². The number of hydrogen-bond donors (Lipinski definition) is 1. The van der Waals surface area contributed by atoms with Crippen LogP contribution in [-0.4, -0.2) is 24.0 Å². The van der Waals surface area contributed by atoms with Crippen molar-refractivity contribution in [1.29, 1.82) is 0 Å². The topological polar surface area (TPSA) is 53.6 Å². The predicted octanol–water partition coefficient (Wildman–Crippen LogP) is 3.58. The Morgan fingerprint density at radius 1 is 1.23 bits per heavy atom. The number of benzene rings is 2. The van der Waals surface area contributed by atoms with E-state index in [1.54, 1.807) is 6.21 Å². The zero-order valence-corrected chi connectivity index (χ0v) is 15.3. The van der Waals surface area contributed by atoms with E-state index in [9.17, 15) is 0 Å². The molecule has 1 aliphatic heterocycles. The smallest absolute Gasteiger partial charge is 0.257 e. The number of nitrogens with one attached hydrogen (secondary N) is 1. The number of halogens is 1.